The van der Waals surface area contributed by atoms with Crippen molar-refractivity contribution in [2.24, 2.45) is 4.99 Å². The summed E-state index contributed by atoms with van der Waals surface area (Å²) in [6.07, 6.45) is -4.21. The lowest BCUT2D eigenvalue weighted by Gasteiger charge is -2.19. The molecule has 0 atom stereocenters. The standard InChI is InChI=1S/C20H27F3N4O2.HI/c1-19(2,3)29-18(28)27-13-7-12-26-17(24-4)25-11-6-9-15-8-5-10-16(14-15)20(21,22)23;/h5,8,10,14H,7,11-13H2,1-4H3,(H,27,28)(H2,24,25,26);1H. The van der Waals surface area contributed by atoms with Gasteiger partial charge in [-0.25, -0.2) is 4.79 Å². The van der Waals surface area contributed by atoms with E-state index in [1.54, 1.807) is 27.8 Å². The zero-order valence-electron chi connectivity index (χ0n) is 17.4. The number of aliphatic imine (C=N–C) groups is 1. The number of nitrogens with zero attached hydrogens (tertiary/aromatic N) is 1. The topological polar surface area (TPSA) is 74.8 Å². The van der Waals surface area contributed by atoms with E-state index in [1.807, 2.05) is 0 Å². The lowest BCUT2D eigenvalue weighted by Crippen LogP contribution is -2.39. The van der Waals surface area contributed by atoms with Crippen molar-refractivity contribution >= 4 is 36.0 Å². The molecule has 0 spiro atoms. The normalized spacial score (nSPS) is 11.5. The predicted octanol–water partition coefficient (Wildman–Crippen LogP) is 3.75. The largest absolute Gasteiger partial charge is 0.444 e. The van der Waals surface area contributed by atoms with Crippen LogP contribution in [-0.2, 0) is 10.9 Å². The van der Waals surface area contributed by atoms with Crippen LogP contribution in [0.5, 0.6) is 0 Å². The number of hydrogen-bond acceptors (Lipinski definition) is 3. The van der Waals surface area contributed by atoms with Gasteiger partial charge in [-0.1, -0.05) is 17.9 Å². The average molecular weight is 540 g/mol. The first kappa shape index (κ1) is 27.8. The lowest BCUT2D eigenvalue weighted by molar-refractivity contribution is -0.137. The minimum atomic E-state index is -4.39. The Morgan fingerprint density at radius 2 is 1.80 bits per heavy atom. The van der Waals surface area contributed by atoms with E-state index in [-0.39, 0.29) is 36.1 Å². The molecule has 1 aromatic carbocycles. The molecule has 30 heavy (non-hydrogen) atoms. The van der Waals surface area contributed by atoms with Gasteiger partial charge in [-0.15, -0.1) is 24.0 Å². The second-order valence-corrected chi connectivity index (χ2v) is 7.02. The number of carbonyl (C=O) groups excluding carboxylic acids is 1. The van der Waals surface area contributed by atoms with E-state index in [9.17, 15) is 18.0 Å². The lowest BCUT2D eigenvalue weighted by atomic mass is 10.1. The third-order valence-electron chi connectivity index (χ3n) is 3.30. The highest BCUT2D eigenvalue weighted by molar-refractivity contribution is 14.0. The minimum absolute atomic E-state index is 0. The summed E-state index contributed by atoms with van der Waals surface area (Å²) in [4.78, 5) is 15.5. The van der Waals surface area contributed by atoms with Crippen molar-refractivity contribution in [1.29, 1.82) is 0 Å². The van der Waals surface area contributed by atoms with Crippen molar-refractivity contribution in [3.8, 4) is 11.8 Å². The summed E-state index contributed by atoms with van der Waals surface area (Å²) in [5, 5.41) is 8.65. The third-order valence-corrected chi connectivity index (χ3v) is 3.30. The molecule has 0 saturated heterocycles. The first-order valence-corrected chi connectivity index (χ1v) is 9.09. The van der Waals surface area contributed by atoms with Gasteiger partial charge in [-0.3, -0.25) is 4.99 Å². The van der Waals surface area contributed by atoms with Crippen LogP contribution >= 0.6 is 24.0 Å². The average Bonchev–Trinajstić information content (AvgIpc) is 2.61. The number of halogens is 4. The molecular weight excluding hydrogens is 512 g/mol. The molecule has 1 amide bonds. The Morgan fingerprint density at radius 1 is 1.13 bits per heavy atom. The number of carbonyl (C=O) groups is 1. The van der Waals surface area contributed by atoms with Crippen LogP contribution in [0.3, 0.4) is 0 Å². The Hall–Kier alpha value is -2.16. The van der Waals surface area contributed by atoms with Crippen LogP contribution in [0.25, 0.3) is 0 Å². The summed E-state index contributed by atoms with van der Waals surface area (Å²) >= 11 is 0. The Labute approximate surface area is 192 Å². The second kappa shape index (κ2) is 13.2. The van der Waals surface area contributed by atoms with Crippen LogP contribution in [0.15, 0.2) is 29.3 Å². The van der Waals surface area contributed by atoms with E-state index in [2.05, 4.69) is 32.8 Å². The Morgan fingerprint density at radius 3 is 2.40 bits per heavy atom. The maximum absolute atomic E-state index is 12.7. The summed E-state index contributed by atoms with van der Waals surface area (Å²) in [5.41, 5.74) is -0.976. The Balaban J connectivity index is 0.00000841. The minimum Gasteiger partial charge on any atom is -0.444 e. The number of ether oxygens (including phenoxy) is 1. The second-order valence-electron chi connectivity index (χ2n) is 7.02. The van der Waals surface area contributed by atoms with Gasteiger partial charge in [0.05, 0.1) is 12.1 Å². The summed E-state index contributed by atoms with van der Waals surface area (Å²) in [5.74, 6) is 5.95. The molecule has 0 aromatic heterocycles. The van der Waals surface area contributed by atoms with Crippen molar-refractivity contribution in [2.75, 3.05) is 26.7 Å². The van der Waals surface area contributed by atoms with Crippen LogP contribution in [0.1, 0.15) is 38.3 Å². The molecule has 1 aromatic rings. The molecule has 0 aliphatic rings. The first-order chi connectivity index (χ1) is 13.5. The van der Waals surface area contributed by atoms with Gasteiger partial charge < -0.3 is 20.7 Å². The number of alkyl halides is 3. The molecule has 0 fully saturated rings. The van der Waals surface area contributed by atoms with Crippen molar-refractivity contribution in [2.45, 2.75) is 39.0 Å². The molecule has 6 nitrogen and oxygen atoms in total. The fourth-order valence-electron chi connectivity index (χ4n) is 2.07. The molecule has 0 saturated carbocycles. The van der Waals surface area contributed by atoms with Gasteiger partial charge in [0.1, 0.15) is 5.60 Å². The number of guanidine groups is 1. The quantitative estimate of drug-likeness (QED) is 0.175. The van der Waals surface area contributed by atoms with Crippen molar-refractivity contribution < 1.29 is 22.7 Å². The van der Waals surface area contributed by atoms with Crippen molar-refractivity contribution in [3.63, 3.8) is 0 Å². The zero-order chi connectivity index (χ0) is 21.9. The molecule has 168 valence electrons. The van der Waals surface area contributed by atoms with E-state index >= 15 is 0 Å². The number of amides is 1. The van der Waals surface area contributed by atoms with Crippen LogP contribution in [0.4, 0.5) is 18.0 Å². The Bertz CT molecular complexity index is 766. The van der Waals surface area contributed by atoms with Gasteiger partial charge in [-0.05, 0) is 45.4 Å². The molecule has 0 bridgehead atoms. The highest BCUT2D eigenvalue weighted by Gasteiger charge is 2.30. The van der Waals surface area contributed by atoms with Crippen LogP contribution in [0.2, 0.25) is 0 Å². The van der Waals surface area contributed by atoms with Crippen molar-refractivity contribution in [1.82, 2.24) is 16.0 Å². The van der Waals surface area contributed by atoms with E-state index in [0.717, 1.165) is 12.1 Å². The third kappa shape index (κ3) is 12.4. The number of hydrogen-bond donors (Lipinski definition) is 3. The monoisotopic (exact) mass is 540 g/mol. The van der Waals surface area contributed by atoms with E-state index in [1.165, 1.54) is 12.1 Å². The predicted molar refractivity (Wildman–Crippen MR) is 122 cm³/mol. The van der Waals surface area contributed by atoms with Crippen molar-refractivity contribution in [3.05, 3.63) is 35.4 Å². The summed E-state index contributed by atoms with van der Waals surface area (Å²) in [6.45, 7) is 6.58. The first-order valence-electron chi connectivity index (χ1n) is 9.09. The highest BCUT2D eigenvalue weighted by Crippen LogP contribution is 2.29. The molecule has 0 unspecified atom stereocenters. The van der Waals surface area contributed by atoms with E-state index < -0.39 is 23.4 Å². The number of rotatable bonds is 5. The van der Waals surface area contributed by atoms with E-state index in [0.29, 0.717) is 25.5 Å². The number of benzene rings is 1. The molecule has 3 N–H and O–H groups in total. The summed E-state index contributed by atoms with van der Waals surface area (Å²) in [7, 11) is 1.59. The van der Waals surface area contributed by atoms with Crippen LogP contribution in [-0.4, -0.2) is 44.3 Å². The molecule has 1 rings (SSSR count). The van der Waals surface area contributed by atoms with Gasteiger partial charge in [0.2, 0.25) is 0 Å². The maximum atomic E-state index is 12.7. The van der Waals surface area contributed by atoms with E-state index in [4.69, 9.17) is 4.74 Å². The highest BCUT2D eigenvalue weighted by atomic mass is 127. The molecule has 0 radical (unpaired) electrons. The smallest absolute Gasteiger partial charge is 0.416 e. The Kier molecular flexibility index (Phi) is 12.3. The SMILES string of the molecule is CN=C(NCC#Cc1cccc(C(F)(F)F)c1)NCCCNC(=O)OC(C)(C)C.I. The molecule has 0 aliphatic heterocycles. The molecule has 0 heterocycles. The van der Waals surface area contributed by atoms with Gasteiger partial charge in [0.25, 0.3) is 0 Å². The molecule has 10 heteroatoms. The zero-order valence-corrected chi connectivity index (χ0v) is 19.8. The van der Waals surface area contributed by atoms with Gasteiger partial charge in [0.15, 0.2) is 5.96 Å². The fraction of sp³-hybridized carbons (Fsp3) is 0.500. The number of nitrogens with one attached hydrogen (secondary N) is 3. The maximum Gasteiger partial charge on any atom is 0.416 e. The fourth-order valence-corrected chi connectivity index (χ4v) is 2.07. The molecular formula is C20H28F3IN4O2. The van der Waals surface area contributed by atoms with Gasteiger partial charge in [0, 0.05) is 25.7 Å². The van der Waals surface area contributed by atoms with Crippen LogP contribution in [0, 0.1) is 11.8 Å². The van der Waals surface area contributed by atoms with Gasteiger partial charge in [-0.2, -0.15) is 13.2 Å². The summed E-state index contributed by atoms with van der Waals surface area (Å²) < 4.78 is 43.2. The van der Waals surface area contributed by atoms with Crippen LogP contribution < -0.4 is 16.0 Å². The molecule has 0 aliphatic carbocycles. The van der Waals surface area contributed by atoms with Gasteiger partial charge >= 0.3 is 12.3 Å². The summed E-state index contributed by atoms with van der Waals surface area (Å²) in [6, 6.07) is 4.86. The number of alkyl carbamates (subject to hydrolysis) is 1.